The fourth-order valence-corrected chi connectivity index (χ4v) is 3.46. The lowest BCUT2D eigenvalue weighted by molar-refractivity contribution is 0.319. The number of likely N-dealkylation sites (tertiary alicyclic amines) is 1. The average molecular weight is 347 g/mol. The molecule has 1 unspecified atom stereocenters. The summed E-state index contributed by atoms with van der Waals surface area (Å²) < 4.78 is 0. The van der Waals surface area contributed by atoms with Gasteiger partial charge in [-0.05, 0) is 37.1 Å². The number of nitrogens with one attached hydrogen (secondary N) is 2. The molecule has 0 aliphatic carbocycles. The quantitative estimate of drug-likeness (QED) is 0.719. The SMILES string of the molecule is Cc1ccc(CN2CCC(NCc3cc(-c4cccnc4)n[nH]3)C2)cc1. The lowest BCUT2D eigenvalue weighted by atomic mass is 10.1. The largest absolute Gasteiger partial charge is 0.307 e. The van der Waals surface area contributed by atoms with Gasteiger partial charge in [-0.2, -0.15) is 5.10 Å². The number of pyridine rings is 1. The van der Waals surface area contributed by atoms with Gasteiger partial charge in [-0.15, -0.1) is 0 Å². The highest BCUT2D eigenvalue weighted by Crippen LogP contribution is 2.17. The van der Waals surface area contributed by atoms with E-state index in [1.54, 1.807) is 6.20 Å². The molecule has 1 atom stereocenters. The van der Waals surface area contributed by atoms with Crippen LogP contribution in [0.4, 0.5) is 0 Å². The number of nitrogens with zero attached hydrogens (tertiary/aromatic N) is 3. The standard InChI is InChI=1S/C21H25N5/c1-16-4-6-17(7-5-16)14-26-10-8-19(15-26)23-13-20-11-21(25-24-20)18-3-2-9-22-12-18/h2-7,9,11-12,19,23H,8,10,13-15H2,1H3,(H,24,25). The van der Waals surface area contributed by atoms with Crippen molar-refractivity contribution >= 4 is 0 Å². The van der Waals surface area contributed by atoms with Crippen LogP contribution in [0.1, 0.15) is 23.2 Å². The number of benzene rings is 1. The Kier molecular flexibility index (Phi) is 5.09. The summed E-state index contributed by atoms with van der Waals surface area (Å²) in [5.41, 5.74) is 5.81. The van der Waals surface area contributed by atoms with Crippen LogP contribution in [0.5, 0.6) is 0 Å². The lowest BCUT2D eigenvalue weighted by Crippen LogP contribution is -2.32. The Morgan fingerprint density at radius 2 is 2.12 bits per heavy atom. The van der Waals surface area contributed by atoms with Crippen molar-refractivity contribution in [3.8, 4) is 11.3 Å². The molecule has 3 heterocycles. The van der Waals surface area contributed by atoms with Crippen molar-refractivity contribution in [2.45, 2.75) is 32.5 Å². The van der Waals surface area contributed by atoms with E-state index >= 15 is 0 Å². The lowest BCUT2D eigenvalue weighted by Gasteiger charge is -2.16. The summed E-state index contributed by atoms with van der Waals surface area (Å²) in [5.74, 6) is 0. The van der Waals surface area contributed by atoms with E-state index < -0.39 is 0 Å². The van der Waals surface area contributed by atoms with Gasteiger partial charge in [-0.1, -0.05) is 29.8 Å². The molecule has 0 radical (unpaired) electrons. The van der Waals surface area contributed by atoms with Crippen LogP contribution in [-0.4, -0.2) is 39.2 Å². The van der Waals surface area contributed by atoms with Gasteiger partial charge in [0.05, 0.1) is 5.69 Å². The fraction of sp³-hybridized carbons (Fsp3) is 0.333. The van der Waals surface area contributed by atoms with Crippen molar-refractivity contribution in [3.05, 3.63) is 71.7 Å². The first-order valence-electron chi connectivity index (χ1n) is 9.22. The topological polar surface area (TPSA) is 56.8 Å². The number of aromatic nitrogens is 3. The van der Waals surface area contributed by atoms with E-state index in [1.165, 1.54) is 17.5 Å². The van der Waals surface area contributed by atoms with Crippen molar-refractivity contribution in [2.24, 2.45) is 0 Å². The smallest absolute Gasteiger partial charge is 0.0939 e. The molecule has 0 amide bonds. The van der Waals surface area contributed by atoms with E-state index in [0.29, 0.717) is 6.04 Å². The van der Waals surface area contributed by atoms with Gasteiger partial charge in [0, 0.05) is 55.9 Å². The van der Waals surface area contributed by atoms with Gasteiger partial charge in [0.15, 0.2) is 0 Å². The highest BCUT2D eigenvalue weighted by atomic mass is 15.2. The molecule has 1 saturated heterocycles. The van der Waals surface area contributed by atoms with Crippen molar-refractivity contribution in [1.82, 2.24) is 25.4 Å². The van der Waals surface area contributed by atoms with E-state index in [1.807, 2.05) is 18.3 Å². The van der Waals surface area contributed by atoms with Gasteiger partial charge in [-0.25, -0.2) is 0 Å². The molecule has 3 aromatic rings. The summed E-state index contributed by atoms with van der Waals surface area (Å²) in [4.78, 5) is 6.68. The molecule has 0 saturated carbocycles. The highest BCUT2D eigenvalue weighted by molar-refractivity contribution is 5.57. The third-order valence-corrected chi connectivity index (χ3v) is 4.97. The Balaban J connectivity index is 1.27. The number of hydrogen-bond acceptors (Lipinski definition) is 4. The Hall–Kier alpha value is -2.50. The third-order valence-electron chi connectivity index (χ3n) is 4.97. The molecule has 1 fully saturated rings. The molecule has 5 heteroatoms. The molecule has 5 nitrogen and oxygen atoms in total. The molecule has 26 heavy (non-hydrogen) atoms. The predicted octanol–water partition coefficient (Wildman–Crippen LogP) is 3.14. The van der Waals surface area contributed by atoms with Crippen LogP contribution in [0.2, 0.25) is 0 Å². The van der Waals surface area contributed by atoms with Crippen LogP contribution in [0.25, 0.3) is 11.3 Å². The van der Waals surface area contributed by atoms with Crippen molar-refractivity contribution in [1.29, 1.82) is 0 Å². The van der Waals surface area contributed by atoms with Gasteiger partial charge in [0.1, 0.15) is 0 Å². The van der Waals surface area contributed by atoms with Gasteiger partial charge >= 0.3 is 0 Å². The molecule has 4 rings (SSSR count). The van der Waals surface area contributed by atoms with Crippen molar-refractivity contribution in [3.63, 3.8) is 0 Å². The van der Waals surface area contributed by atoms with Crippen LogP contribution < -0.4 is 5.32 Å². The minimum absolute atomic E-state index is 0.533. The maximum Gasteiger partial charge on any atom is 0.0939 e. The van der Waals surface area contributed by atoms with E-state index in [-0.39, 0.29) is 0 Å². The summed E-state index contributed by atoms with van der Waals surface area (Å²) in [5, 5.41) is 11.2. The predicted molar refractivity (Wildman–Crippen MR) is 104 cm³/mol. The van der Waals surface area contributed by atoms with Gasteiger partial charge in [0.25, 0.3) is 0 Å². The summed E-state index contributed by atoms with van der Waals surface area (Å²) in [6.07, 6.45) is 4.81. The fourth-order valence-electron chi connectivity index (χ4n) is 3.46. The second kappa shape index (κ2) is 7.81. The highest BCUT2D eigenvalue weighted by Gasteiger charge is 2.22. The van der Waals surface area contributed by atoms with Crippen molar-refractivity contribution in [2.75, 3.05) is 13.1 Å². The zero-order valence-corrected chi connectivity index (χ0v) is 15.2. The molecule has 2 N–H and O–H groups in total. The van der Waals surface area contributed by atoms with Crippen molar-refractivity contribution < 1.29 is 0 Å². The van der Waals surface area contributed by atoms with Gasteiger partial charge < -0.3 is 5.32 Å². The van der Waals surface area contributed by atoms with Crippen LogP contribution in [-0.2, 0) is 13.1 Å². The number of aromatic amines is 1. The monoisotopic (exact) mass is 347 g/mol. The Morgan fingerprint density at radius 3 is 2.92 bits per heavy atom. The number of H-pyrrole nitrogens is 1. The minimum Gasteiger partial charge on any atom is -0.307 e. The summed E-state index contributed by atoms with van der Waals surface area (Å²) in [6, 6.07) is 15.5. The molecule has 0 bridgehead atoms. The maximum absolute atomic E-state index is 4.39. The zero-order valence-electron chi connectivity index (χ0n) is 15.2. The van der Waals surface area contributed by atoms with Crippen LogP contribution in [0.15, 0.2) is 54.9 Å². The molecule has 2 aromatic heterocycles. The first-order valence-corrected chi connectivity index (χ1v) is 9.22. The minimum atomic E-state index is 0.533. The van der Waals surface area contributed by atoms with Gasteiger partial charge in [0.2, 0.25) is 0 Å². The molecular weight excluding hydrogens is 322 g/mol. The van der Waals surface area contributed by atoms with E-state index in [4.69, 9.17) is 0 Å². The Bertz CT molecular complexity index is 825. The number of aryl methyl sites for hydroxylation is 1. The summed E-state index contributed by atoms with van der Waals surface area (Å²) in [7, 11) is 0. The first kappa shape index (κ1) is 16.9. The number of rotatable bonds is 6. The Labute approximate surface area is 154 Å². The third kappa shape index (κ3) is 4.18. The number of hydrogen-bond donors (Lipinski definition) is 2. The average Bonchev–Trinajstić information content (AvgIpc) is 3.32. The maximum atomic E-state index is 4.39. The summed E-state index contributed by atoms with van der Waals surface area (Å²) in [6.45, 7) is 6.23. The normalized spacial score (nSPS) is 17.7. The molecular formula is C21H25N5. The Morgan fingerprint density at radius 1 is 1.23 bits per heavy atom. The van der Waals surface area contributed by atoms with Gasteiger partial charge in [-0.3, -0.25) is 15.0 Å². The molecule has 1 aliphatic heterocycles. The van der Waals surface area contributed by atoms with E-state index in [9.17, 15) is 0 Å². The second-order valence-corrected chi connectivity index (χ2v) is 7.11. The first-order chi connectivity index (χ1) is 12.8. The van der Waals surface area contributed by atoms with Crippen LogP contribution in [0.3, 0.4) is 0 Å². The zero-order chi connectivity index (χ0) is 17.8. The summed E-state index contributed by atoms with van der Waals surface area (Å²) >= 11 is 0. The van der Waals surface area contributed by atoms with E-state index in [0.717, 1.165) is 43.1 Å². The van der Waals surface area contributed by atoms with E-state index in [2.05, 4.69) is 62.7 Å². The molecule has 1 aromatic carbocycles. The molecule has 0 spiro atoms. The second-order valence-electron chi connectivity index (χ2n) is 7.11. The molecule has 134 valence electrons. The van der Waals surface area contributed by atoms with Crippen LogP contribution in [0, 0.1) is 6.92 Å². The molecule has 1 aliphatic rings. The van der Waals surface area contributed by atoms with Crippen LogP contribution >= 0.6 is 0 Å².